The number of alkyl halides is 1. The summed E-state index contributed by atoms with van der Waals surface area (Å²) in [5.74, 6) is 2.34. The third-order valence-electron chi connectivity index (χ3n) is 4.07. The highest BCUT2D eigenvalue weighted by Crippen LogP contribution is 2.33. The lowest BCUT2D eigenvalue weighted by Crippen LogP contribution is -2.33. The van der Waals surface area contributed by atoms with Crippen LogP contribution in [0.3, 0.4) is 0 Å². The van der Waals surface area contributed by atoms with Crippen LogP contribution in [0.1, 0.15) is 51.4 Å². The maximum atomic E-state index is 6.01. The van der Waals surface area contributed by atoms with Crippen molar-refractivity contribution in [2.45, 2.75) is 57.5 Å². The zero-order valence-corrected chi connectivity index (χ0v) is 10.3. The van der Waals surface area contributed by atoms with Crippen molar-refractivity contribution >= 4 is 11.6 Å². The predicted molar refractivity (Wildman–Crippen MR) is 64.4 cm³/mol. The van der Waals surface area contributed by atoms with Crippen molar-refractivity contribution in [1.82, 2.24) is 0 Å². The fourth-order valence-electron chi connectivity index (χ4n) is 3.09. The summed E-state index contributed by atoms with van der Waals surface area (Å²) >= 11 is 6.01. The Bertz CT molecular complexity index is 177. The molecule has 2 fully saturated rings. The predicted octanol–water partition coefficient (Wildman–Crippen LogP) is 3.99. The lowest BCUT2D eigenvalue weighted by Gasteiger charge is -2.34. The topological polar surface area (TPSA) is 9.23 Å². The zero-order chi connectivity index (χ0) is 10.5. The van der Waals surface area contributed by atoms with E-state index >= 15 is 0 Å². The Labute approximate surface area is 98.5 Å². The molecule has 88 valence electrons. The molecule has 15 heavy (non-hydrogen) atoms. The van der Waals surface area contributed by atoms with E-state index in [1.165, 1.54) is 51.4 Å². The van der Waals surface area contributed by atoms with Gasteiger partial charge in [-0.15, -0.1) is 11.6 Å². The van der Waals surface area contributed by atoms with Crippen molar-refractivity contribution in [2.24, 2.45) is 11.8 Å². The number of rotatable bonds is 3. The van der Waals surface area contributed by atoms with Gasteiger partial charge in [-0.1, -0.05) is 32.1 Å². The minimum absolute atomic E-state index is 0.472. The lowest BCUT2D eigenvalue weighted by molar-refractivity contribution is -0.0348. The molecule has 1 aliphatic carbocycles. The second-order valence-electron chi connectivity index (χ2n) is 5.21. The van der Waals surface area contributed by atoms with Gasteiger partial charge >= 0.3 is 0 Å². The zero-order valence-electron chi connectivity index (χ0n) is 9.59. The van der Waals surface area contributed by atoms with Gasteiger partial charge in [0, 0.05) is 12.5 Å². The summed E-state index contributed by atoms with van der Waals surface area (Å²) in [6.45, 7) is 0.963. The van der Waals surface area contributed by atoms with E-state index in [1.807, 2.05) is 0 Å². The van der Waals surface area contributed by atoms with Crippen LogP contribution < -0.4 is 0 Å². The molecule has 2 unspecified atom stereocenters. The van der Waals surface area contributed by atoms with Crippen molar-refractivity contribution in [3.63, 3.8) is 0 Å². The largest absolute Gasteiger partial charge is 0.378 e. The molecule has 1 heterocycles. The van der Waals surface area contributed by atoms with Crippen LogP contribution in [0.5, 0.6) is 0 Å². The van der Waals surface area contributed by atoms with Crippen molar-refractivity contribution in [3.05, 3.63) is 0 Å². The number of halogens is 1. The molecule has 1 saturated carbocycles. The van der Waals surface area contributed by atoms with Gasteiger partial charge in [0.05, 0.1) is 6.10 Å². The molecule has 2 heteroatoms. The molecule has 2 rings (SSSR count). The van der Waals surface area contributed by atoms with Gasteiger partial charge in [-0.05, 0) is 31.1 Å². The summed E-state index contributed by atoms with van der Waals surface area (Å²) in [6.07, 6.45) is 11.4. The Morgan fingerprint density at radius 3 is 2.53 bits per heavy atom. The third kappa shape index (κ3) is 3.35. The van der Waals surface area contributed by atoms with Crippen LogP contribution in [-0.4, -0.2) is 18.6 Å². The van der Waals surface area contributed by atoms with Crippen LogP contribution in [0.4, 0.5) is 0 Å². The van der Waals surface area contributed by atoms with Gasteiger partial charge in [-0.25, -0.2) is 0 Å². The van der Waals surface area contributed by atoms with Gasteiger partial charge in [-0.2, -0.15) is 0 Å². The SMILES string of the molecule is ClCC1CCCOC1CC1CCCCC1. The molecule has 2 atom stereocenters. The summed E-state index contributed by atoms with van der Waals surface area (Å²) in [5.41, 5.74) is 0. The van der Waals surface area contributed by atoms with E-state index in [-0.39, 0.29) is 0 Å². The van der Waals surface area contributed by atoms with Crippen LogP contribution in [0.2, 0.25) is 0 Å². The standard InChI is InChI=1S/C13H23ClO/c14-10-12-7-4-8-15-13(12)9-11-5-2-1-3-6-11/h11-13H,1-10H2. The fraction of sp³-hybridized carbons (Fsp3) is 1.00. The molecule has 0 aromatic heterocycles. The Kier molecular flexibility index (Phi) is 4.77. The molecular weight excluding hydrogens is 208 g/mol. The molecule has 1 nitrogen and oxygen atoms in total. The van der Waals surface area contributed by atoms with Crippen LogP contribution in [0, 0.1) is 11.8 Å². The van der Waals surface area contributed by atoms with Crippen LogP contribution in [-0.2, 0) is 4.74 Å². The van der Waals surface area contributed by atoms with E-state index in [0.29, 0.717) is 12.0 Å². The van der Waals surface area contributed by atoms with Crippen molar-refractivity contribution in [2.75, 3.05) is 12.5 Å². The number of hydrogen-bond acceptors (Lipinski definition) is 1. The second-order valence-corrected chi connectivity index (χ2v) is 5.51. The summed E-state index contributed by atoms with van der Waals surface area (Å²) in [6, 6.07) is 0. The number of ether oxygens (including phenoxy) is 1. The average molecular weight is 231 g/mol. The van der Waals surface area contributed by atoms with E-state index in [9.17, 15) is 0 Å². The van der Waals surface area contributed by atoms with Crippen LogP contribution >= 0.6 is 11.6 Å². The molecule has 1 saturated heterocycles. The maximum absolute atomic E-state index is 6.01. The maximum Gasteiger partial charge on any atom is 0.0617 e. The van der Waals surface area contributed by atoms with Crippen LogP contribution in [0.15, 0.2) is 0 Å². The van der Waals surface area contributed by atoms with E-state index in [2.05, 4.69) is 0 Å². The first-order valence-corrected chi connectivity index (χ1v) is 7.11. The Balaban J connectivity index is 1.79. The average Bonchev–Trinajstić information content (AvgIpc) is 2.31. The monoisotopic (exact) mass is 230 g/mol. The van der Waals surface area contributed by atoms with E-state index < -0.39 is 0 Å². The Morgan fingerprint density at radius 2 is 1.80 bits per heavy atom. The minimum Gasteiger partial charge on any atom is -0.378 e. The second kappa shape index (κ2) is 6.10. The molecule has 0 radical (unpaired) electrons. The summed E-state index contributed by atoms with van der Waals surface area (Å²) in [5, 5.41) is 0. The van der Waals surface area contributed by atoms with Crippen molar-refractivity contribution in [3.8, 4) is 0 Å². The molecule has 1 aliphatic heterocycles. The first-order chi connectivity index (χ1) is 7.40. The molecule has 0 N–H and O–H groups in total. The molecule has 0 bridgehead atoms. The normalized spacial score (nSPS) is 34.2. The molecule has 0 aromatic carbocycles. The molecule has 0 aromatic rings. The van der Waals surface area contributed by atoms with E-state index in [0.717, 1.165) is 18.4 Å². The smallest absolute Gasteiger partial charge is 0.0617 e. The summed E-state index contributed by atoms with van der Waals surface area (Å²) in [4.78, 5) is 0. The van der Waals surface area contributed by atoms with Gasteiger partial charge in [0.1, 0.15) is 0 Å². The lowest BCUT2D eigenvalue weighted by atomic mass is 9.81. The highest BCUT2D eigenvalue weighted by molar-refractivity contribution is 6.18. The highest BCUT2D eigenvalue weighted by atomic mass is 35.5. The van der Waals surface area contributed by atoms with Gasteiger partial charge < -0.3 is 4.74 Å². The molecular formula is C13H23ClO. The Hall–Kier alpha value is 0.250. The fourth-order valence-corrected chi connectivity index (χ4v) is 3.44. The molecule has 0 spiro atoms. The highest BCUT2D eigenvalue weighted by Gasteiger charge is 2.28. The Morgan fingerprint density at radius 1 is 1.00 bits per heavy atom. The first-order valence-electron chi connectivity index (χ1n) is 6.57. The summed E-state index contributed by atoms with van der Waals surface area (Å²) < 4.78 is 5.90. The van der Waals surface area contributed by atoms with Crippen molar-refractivity contribution in [1.29, 1.82) is 0 Å². The minimum atomic E-state index is 0.472. The summed E-state index contributed by atoms with van der Waals surface area (Å²) in [7, 11) is 0. The first kappa shape index (κ1) is 11.7. The van der Waals surface area contributed by atoms with Gasteiger partial charge in [0.25, 0.3) is 0 Å². The van der Waals surface area contributed by atoms with Gasteiger partial charge in [0.15, 0.2) is 0 Å². The quantitative estimate of drug-likeness (QED) is 0.667. The molecule has 0 amide bonds. The van der Waals surface area contributed by atoms with Gasteiger partial charge in [0.2, 0.25) is 0 Å². The number of hydrogen-bond donors (Lipinski definition) is 0. The van der Waals surface area contributed by atoms with Gasteiger partial charge in [-0.3, -0.25) is 0 Å². The van der Waals surface area contributed by atoms with Crippen molar-refractivity contribution < 1.29 is 4.74 Å². The van der Waals surface area contributed by atoms with Crippen LogP contribution in [0.25, 0.3) is 0 Å². The molecule has 2 aliphatic rings. The third-order valence-corrected chi connectivity index (χ3v) is 4.46. The van der Waals surface area contributed by atoms with E-state index in [1.54, 1.807) is 0 Å². The van der Waals surface area contributed by atoms with E-state index in [4.69, 9.17) is 16.3 Å².